The molecule has 1 aromatic carbocycles. The van der Waals surface area contributed by atoms with E-state index in [0.717, 1.165) is 34.4 Å². The normalized spacial score (nSPS) is 19.8. The number of H-pyrrole nitrogens is 1. The van der Waals surface area contributed by atoms with Gasteiger partial charge in [-0.15, -0.1) is 0 Å². The van der Waals surface area contributed by atoms with E-state index in [1.54, 1.807) is 31.5 Å². The van der Waals surface area contributed by atoms with Gasteiger partial charge in [-0.3, -0.25) is 5.10 Å². The van der Waals surface area contributed by atoms with E-state index in [4.69, 9.17) is 9.47 Å². The molecule has 1 N–H and O–H groups in total. The monoisotopic (exact) mass is 452 g/mol. The Morgan fingerprint density at radius 2 is 2.03 bits per heavy atom. The summed E-state index contributed by atoms with van der Waals surface area (Å²) in [4.78, 5) is 4.78. The largest absolute Gasteiger partial charge is 0.500 e. The van der Waals surface area contributed by atoms with Crippen molar-refractivity contribution < 1.29 is 17.9 Å². The third-order valence-corrected chi connectivity index (χ3v) is 7.80. The van der Waals surface area contributed by atoms with E-state index in [0.29, 0.717) is 32.0 Å². The molecule has 8 nitrogen and oxygen atoms in total. The molecule has 0 spiro atoms. The first kappa shape index (κ1) is 20.9. The van der Waals surface area contributed by atoms with Crippen LogP contribution in [0, 0.1) is 0 Å². The molecule has 0 bridgehead atoms. The molecular weight excluding hydrogens is 428 g/mol. The molecule has 0 amide bonds. The second-order valence-electron chi connectivity index (χ2n) is 7.77. The second-order valence-corrected chi connectivity index (χ2v) is 9.70. The number of rotatable bonds is 5. The molecule has 1 aliphatic heterocycles. The number of ether oxygens (including phenoxy) is 2. The zero-order valence-corrected chi connectivity index (χ0v) is 18.5. The third kappa shape index (κ3) is 3.72. The van der Waals surface area contributed by atoms with Gasteiger partial charge in [-0.1, -0.05) is 24.3 Å². The van der Waals surface area contributed by atoms with Crippen LogP contribution in [0.4, 0.5) is 0 Å². The highest BCUT2D eigenvalue weighted by Crippen LogP contribution is 2.35. The number of allylic oxidation sites excluding steroid dienone is 4. The molecule has 9 heteroatoms. The maximum atomic E-state index is 13.1. The summed E-state index contributed by atoms with van der Waals surface area (Å²) in [5.41, 5.74) is 3.16. The summed E-state index contributed by atoms with van der Waals surface area (Å²) in [6.45, 7) is 1.56. The maximum absolute atomic E-state index is 13.1. The Balaban J connectivity index is 1.52. The molecule has 1 unspecified atom stereocenters. The molecule has 5 rings (SSSR count). The van der Waals surface area contributed by atoms with E-state index in [1.165, 1.54) is 4.31 Å². The number of sulfonamides is 1. The molecular formula is C23H24N4O4S. The molecule has 1 saturated heterocycles. The first-order valence-corrected chi connectivity index (χ1v) is 11.9. The number of pyridine rings is 1. The molecule has 1 atom stereocenters. The van der Waals surface area contributed by atoms with Crippen LogP contribution in [0.15, 0.2) is 65.4 Å². The van der Waals surface area contributed by atoms with Crippen LogP contribution in [0.25, 0.3) is 22.2 Å². The fraction of sp³-hybridized carbons (Fsp3) is 0.304. The van der Waals surface area contributed by atoms with Crippen molar-refractivity contribution >= 4 is 21.1 Å². The molecule has 0 radical (unpaired) electrons. The molecule has 3 aromatic rings. The van der Waals surface area contributed by atoms with Gasteiger partial charge in [0, 0.05) is 30.2 Å². The number of aromatic nitrogens is 3. The van der Waals surface area contributed by atoms with Crippen molar-refractivity contribution in [1.29, 1.82) is 0 Å². The van der Waals surface area contributed by atoms with Gasteiger partial charge in [0.15, 0.2) is 5.65 Å². The zero-order chi connectivity index (χ0) is 22.1. The van der Waals surface area contributed by atoms with Crippen LogP contribution in [0.5, 0.6) is 0 Å². The minimum absolute atomic E-state index is 0.0279. The summed E-state index contributed by atoms with van der Waals surface area (Å²) in [7, 11) is -1.91. The van der Waals surface area contributed by atoms with E-state index in [-0.39, 0.29) is 10.8 Å². The summed E-state index contributed by atoms with van der Waals surface area (Å²) in [6.07, 6.45) is 8.56. The van der Waals surface area contributed by atoms with Crippen molar-refractivity contribution in [2.75, 3.05) is 33.4 Å². The predicted octanol–water partition coefficient (Wildman–Crippen LogP) is 3.22. The van der Waals surface area contributed by atoms with Crippen LogP contribution < -0.4 is 0 Å². The van der Waals surface area contributed by atoms with Gasteiger partial charge in [0.05, 0.1) is 36.8 Å². The van der Waals surface area contributed by atoms with Crippen LogP contribution in [0.3, 0.4) is 0 Å². The second kappa shape index (κ2) is 8.50. The SMILES string of the molecule is COC1=CC=CCC1c1[nH]nc2ncc(-c3cccc(S(=O)(=O)N4CCOCC4)c3)cc12. The number of benzene rings is 1. The van der Waals surface area contributed by atoms with Gasteiger partial charge in [-0.05, 0) is 36.3 Å². The average molecular weight is 453 g/mol. The minimum atomic E-state index is -3.58. The van der Waals surface area contributed by atoms with E-state index in [1.807, 2.05) is 24.3 Å². The molecule has 1 fully saturated rings. The number of morpholine rings is 1. The Morgan fingerprint density at radius 1 is 1.19 bits per heavy atom. The van der Waals surface area contributed by atoms with Gasteiger partial charge in [-0.2, -0.15) is 9.40 Å². The average Bonchev–Trinajstić information content (AvgIpc) is 3.27. The lowest BCUT2D eigenvalue weighted by Crippen LogP contribution is -2.40. The minimum Gasteiger partial charge on any atom is -0.500 e. The Labute approximate surface area is 186 Å². The topological polar surface area (TPSA) is 97.4 Å². The lowest BCUT2D eigenvalue weighted by molar-refractivity contribution is 0.0730. The van der Waals surface area contributed by atoms with Gasteiger partial charge in [0.1, 0.15) is 5.76 Å². The fourth-order valence-electron chi connectivity index (χ4n) is 4.19. The van der Waals surface area contributed by atoms with E-state index in [9.17, 15) is 8.42 Å². The van der Waals surface area contributed by atoms with Crippen LogP contribution in [0.2, 0.25) is 0 Å². The van der Waals surface area contributed by atoms with E-state index < -0.39 is 10.0 Å². The lowest BCUT2D eigenvalue weighted by Gasteiger charge is -2.26. The number of fused-ring (bicyclic) bond motifs is 1. The number of hydrogen-bond acceptors (Lipinski definition) is 6. The van der Waals surface area contributed by atoms with E-state index >= 15 is 0 Å². The van der Waals surface area contributed by atoms with Crippen molar-refractivity contribution in [3.8, 4) is 11.1 Å². The van der Waals surface area contributed by atoms with Crippen molar-refractivity contribution in [3.63, 3.8) is 0 Å². The maximum Gasteiger partial charge on any atom is 0.243 e. The Bertz CT molecular complexity index is 1310. The summed E-state index contributed by atoms with van der Waals surface area (Å²) in [6, 6.07) is 9.00. The highest BCUT2D eigenvalue weighted by Gasteiger charge is 2.27. The molecule has 3 heterocycles. The summed E-state index contributed by atoms with van der Waals surface area (Å²) in [5.74, 6) is 0.891. The number of nitrogens with one attached hydrogen (secondary N) is 1. The molecule has 2 aliphatic rings. The van der Waals surface area contributed by atoms with Crippen molar-refractivity contribution in [2.45, 2.75) is 17.2 Å². The van der Waals surface area contributed by atoms with Gasteiger partial charge in [0.25, 0.3) is 0 Å². The predicted molar refractivity (Wildman–Crippen MR) is 120 cm³/mol. The first-order valence-electron chi connectivity index (χ1n) is 10.5. The molecule has 2 aromatic heterocycles. The molecule has 0 saturated carbocycles. The number of hydrogen-bond donors (Lipinski definition) is 1. The Morgan fingerprint density at radius 3 is 2.84 bits per heavy atom. The van der Waals surface area contributed by atoms with Crippen molar-refractivity contribution in [1.82, 2.24) is 19.5 Å². The highest BCUT2D eigenvalue weighted by molar-refractivity contribution is 7.89. The first-order chi connectivity index (χ1) is 15.6. The van der Waals surface area contributed by atoms with E-state index in [2.05, 4.69) is 21.3 Å². The number of aromatic amines is 1. The fourth-order valence-corrected chi connectivity index (χ4v) is 5.65. The summed E-state index contributed by atoms with van der Waals surface area (Å²) in [5, 5.41) is 8.38. The van der Waals surface area contributed by atoms with Gasteiger partial charge >= 0.3 is 0 Å². The lowest BCUT2D eigenvalue weighted by atomic mass is 9.93. The summed E-state index contributed by atoms with van der Waals surface area (Å²) >= 11 is 0. The molecule has 1 aliphatic carbocycles. The molecule has 166 valence electrons. The zero-order valence-electron chi connectivity index (χ0n) is 17.7. The van der Waals surface area contributed by atoms with Crippen molar-refractivity contribution in [2.24, 2.45) is 0 Å². The standard InChI is InChI=1S/C23H24N4O4S/c1-30-21-8-3-2-7-19(21)22-20-14-17(15-24-23(20)26-25-22)16-5-4-6-18(13-16)32(28,29)27-9-11-31-12-10-27/h2-6,8,13-15,19H,7,9-12H2,1H3,(H,24,25,26). The van der Waals surface area contributed by atoms with Crippen molar-refractivity contribution in [3.05, 3.63) is 66.2 Å². The molecule has 32 heavy (non-hydrogen) atoms. The highest BCUT2D eigenvalue weighted by atomic mass is 32.2. The third-order valence-electron chi connectivity index (χ3n) is 5.91. The number of methoxy groups -OCH3 is 1. The smallest absolute Gasteiger partial charge is 0.243 e. The Hall–Kier alpha value is -3.01. The number of nitrogens with zero attached hydrogens (tertiary/aromatic N) is 3. The Kier molecular flexibility index (Phi) is 5.54. The van der Waals surface area contributed by atoms with Crippen LogP contribution in [-0.2, 0) is 19.5 Å². The van der Waals surface area contributed by atoms with Gasteiger partial charge < -0.3 is 9.47 Å². The van der Waals surface area contributed by atoms with Gasteiger partial charge in [0.2, 0.25) is 10.0 Å². The van der Waals surface area contributed by atoms with Crippen LogP contribution in [0.1, 0.15) is 18.0 Å². The van der Waals surface area contributed by atoms with Crippen LogP contribution in [-0.4, -0.2) is 61.3 Å². The summed E-state index contributed by atoms with van der Waals surface area (Å²) < 4.78 is 38.5. The van der Waals surface area contributed by atoms with Crippen LogP contribution >= 0.6 is 0 Å². The van der Waals surface area contributed by atoms with Gasteiger partial charge in [-0.25, -0.2) is 13.4 Å². The quantitative estimate of drug-likeness (QED) is 0.638.